The number of amides is 2. The van der Waals surface area contributed by atoms with Crippen LogP contribution in [0.4, 0.5) is 10.5 Å². The molecule has 25 heavy (non-hydrogen) atoms. The first kappa shape index (κ1) is 18.5. The molecule has 2 aliphatic carbocycles. The van der Waals surface area contributed by atoms with Crippen LogP contribution in [0, 0.1) is 0 Å². The van der Waals surface area contributed by atoms with Crippen LogP contribution in [0.3, 0.4) is 0 Å². The van der Waals surface area contributed by atoms with Crippen molar-refractivity contribution in [1.29, 1.82) is 0 Å². The van der Waals surface area contributed by atoms with Crippen molar-refractivity contribution in [2.24, 2.45) is 0 Å². The quantitative estimate of drug-likeness (QED) is 0.756. The Morgan fingerprint density at radius 3 is 2.24 bits per heavy atom. The first-order chi connectivity index (χ1) is 12.0. The summed E-state index contributed by atoms with van der Waals surface area (Å²) < 4.78 is 16.5. The number of carbonyl (C=O) groups excluding carboxylic acids is 1. The molecule has 0 saturated heterocycles. The van der Waals surface area contributed by atoms with Crippen LogP contribution in [0.2, 0.25) is 0 Å². The molecule has 1 aromatic carbocycles. The van der Waals surface area contributed by atoms with E-state index < -0.39 is 11.5 Å². The summed E-state index contributed by atoms with van der Waals surface area (Å²) in [7, 11) is 5.68. The van der Waals surface area contributed by atoms with E-state index in [0.717, 1.165) is 50.8 Å². The SMILES string of the molecule is CN(C)CCN(C)[S+]([O-])NC(=O)Nc1c2c(cc3c1CCC3)CCC2. The normalized spacial score (nSPS) is 16.9. The predicted octanol–water partition coefficient (Wildman–Crippen LogP) is 1.86. The van der Waals surface area contributed by atoms with Crippen molar-refractivity contribution in [2.75, 3.05) is 39.5 Å². The maximum absolute atomic E-state index is 12.4. The Kier molecular flexibility index (Phi) is 5.89. The summed E-state index contributed by atoms with van der Waals surface area (Å²) >= 11 is -1.54. The molecule has 6 nitrogen and oxygen atoms in total. The summed E-state index contributed by atoms with van der Waals surface area (Å²) in [6.07, 6.45) is 6.52. The highest BCUT2D eigenvalue weighted by molar-refractivity contribution is 7.87. The van der Waals surface area contributed by atoms with Crippen molar-refractivity contribution < 1.29 is 9.35 Å². The van der Waals surface area contributed by atoms with Gasteiger partial charge in [0, 0.05) is 19.3 Å². The third kappa shape index (κ3) is 4.28. The standard InChI is InChI=1S/C18H28N4O2S/c1-21(2)10-11-22(3)25(24)20-18(23)19-17-15-8-4-6-13(15)12-14-7-5-9-16(14)17/h12H,4-11H2,1-3H3,(H2,19,20,23). The molecular formula is C18H28N4O2S. The lowest BCUT2D eigenvalue weighted by molar-refractivity contribution is 0.255. The fourth-order valence-corrected chi connectivity index (χ4v) is 4.30. The van der Waals surface area contributed by atoms with Crippen molar-refractivity contribution in [3.63, 3.8) is 0 Å². The number of rotatable bonds is 6. The molecule has 1 unspecified atom stereocenters. The van der Waals surface area contributed by atoms with Crippen molar-refractivity contribution in [3.05, 3.63) is 28.3 Å². The van der Waals surface area contributed by atoms with Crippen LogP contribution in [-0.2, 0) is 37.2 Å². The number of carbonyl (C=O) groups is 1. The fraction of sp³-hybridized carbons (Fsp3) is 0.611. The number of fused-ring (bicyclic) bond motifs is 2. The lowest BCUT2D eigenvalue weighted by Gasteiger charge is -2.21. The summed E-state index contributed by atoms with van der Waals surface area (Å²) in [5.41, 5.74) is 6.29. The second-order valence-corrected chi connectivity index (χ2v) is 8.52. The summed E-state index contributed by atoms with van der Waals surface area (Å²) in [6, 6.07) is 1.95. The van der Waals surface area contributed by atoms with Gasteiger partial charge in [-0.1, -0.05) is 6.07 Å². The van der Waals surface area contributed by atoms with Crippen LogP contribution in [0.15, 0.2) is 6.07 Å². The van der Waals surface area contributed by atoms with Crippen LogP contribution in [0.1, 0.15) is 35.1 Å². The van der Waals surface area contributed by atoms with E-state index in [1.165, 1.54) is 22.3 Å². The van der Waals surface area contributed by atoms with Gasteiger partial charge in [0.2, 0.25) is 0 Å². The summed E-state index contributed by atoms with van der Waals surface area (Å²) in [5, 5.41) is 3.01. The Bertz CT molecular complexity index is 618. The number of hydrogen-bond donors (Lipinski definition) is 2. The topological polar surface area (TPSA) is 70.7 Å². The number of aryl methyl sites for hydroxylation is 2. The first-order valence-corrected chi connectivity index (χ1v) is 10.1. The average Bonchev–Trinajstić information content (AvgIpc) is 3.20. The van der Waals surface area contributed by atoms with E-state index in [4.69, 9.17) is 0 Å². The molecule has 2 amide bonds. The molecule has 0 aliphatic heterocycles. The minimum Gasteiger partial charge on any atom is -0.573 e. The van der Waals surface area contributed by atoms with Gasteiger partial charge < -0.3 is 14.8 Å². The molecule has 2 aliphatic rings. The molecular weight excluding hydrogens is 336 g/mol. The Labute approximate surface area is 153 Å². The molecule has 0 fully saturated rings. The summed E-state index contributed by atoms with van der Waals surface area (Å²) in [4.78, 5) is 14.4. The van der Waals surface area contributed by atoms with Crippen LogP contribution < -0.4 is 10.0 Å². The van der Waals surface area contributed by atoms with Gasteiger partial charge in [0.15, 0.2) is 11.5 Å². The van der Waals surface area contributed by atoms with Gasteiger partial charge >= 0.3 is 6.03 Å². The van der Waals surface area contributed by atoms with Gasteiger partial charge in [0.1, 0.15) is 0 Å². The van der Waals surface area contributed by atoms with Crippen LogP contribution in [0.25, 0.3) is 0 Å². The fourth-order valence-electron chi connectivity index (χ4n) is 3.69. The van der Waals surface area contributed by atoms with Gasteiger partial charge in [-0.2, -0.15) is 0 Å². The zero-order valence-corrected chi connectivity index (χ0v) is 16.2. The minimum absolute atomic E-state index is 0.385. The monoisotopic (exact) mass is 364 g/mol. The van der Waals surface area contributed by atoms with Crippen molar-refractivity contribution in [2.45, 2.75) is 38.5 Å². The Balaban J connectivity index is 1.66. The molecule has 0 saturated carbocycles. The Hall–Kier alpha value is -1.28. The third-order valence-electron chi connectivity index (χ3n) is 5.04. The average molecular weight is 365 g/mol. The van der Waals surface area contributed by atoms with Crippen LogP contribution in [-0.4, -0.2) is 54.0 Å². The van der Waals surface area contributed by atoms with E-state index in [1.54, 1.807) is 11.4 Å². The first-order valence-electron chi connectivity index (χ1n) is 8.97. The predicted molar refractivity (Wildman–Crippen MR) is 102 cm³/mol. The third-order valence-corrected chi connectivity index (χ3v) is 6.15. The van der Waals surface area contributed by atoms with Crippen LogP contribution >= 0.6 is 0 Å². The molecule has 1 atom stereocenters. The van der Waals surface area contributed by atoms with Crippen molar-refractivity contribution in [3.8, 4) is 0 Å². The van der Waals surface area contributed by atoms with Gasteiger partial charge in [-0.15, -0.1) is 9.03 Å². The number of likely N-dealkylation sites (N-methyl/N-ethyl adjacent to an activating group) is 2. The largest absolute Gasteiger partial charge is 0.573 e. The van der Waals surface area contributed by atoms with E-state index in [1.807, 2.05) is 19.0 Å². The second-order valence-electron chi connectivity index (χ2n) is 7.19. The van der Waals surface area contributed by atoms with E-state index in [9.17, 15) is 9.35 Å². The number of anilines is 1. The zero-order valence-electron chi connectivity index (χ0n) is 15.4. The minimum atomic E-state index is -1.54. The van der Waals surface area contributed by atoms with E-state index in [2.05, 4.69) is 16.1 Å². The number of benzene rings is 1. The van der Waals surface area contributed by atoms with Crippen molar-refractivity contribution in [1.82, 2.24) is 13.9 Å². The zero-order chi connectivity index (χ0) is 18.0. The Morgan fingerprint density at radius 1 is 1.08 bits per heavy atom. The maximum atomic E-state index is 12.4. The number of hydrogen-bond acceptors (Lipinski definition) is 4. The van der Waals surface area contributed by atoms with Crippen LogP contribution in [0.5, 0.6) is 0 Å². The molecule has 0 radical (unpaired) electrons. The van der Waals surface area contributed by atoms with Gasteiger partial charge in [-0.05, 0) is 74.9 Å². The summed E-state index contributed by atoms with van der Waals surface area (Å²) in [6.45, 7) is 1.40. The van der Waals surface area contributed by atoms with E-state index >= 15 is 0 Å². The van der Waals surface area contributed by atoms with Gasteiger partial charge in [0.25, 0.3) is 0 Å². The van der Waals surface area contributed by atoms with Crippen molar-refractivity contribution >= 4 is 23.3 Å². The lowest BCUT2D eigenvalue weighted by Crippen LogP contribution is -2.45. The Morgan fingerprint density at radius 2 is 1.68 bits per heavy atom. The molecule has 0 heterocycles. The number of urea groups is 1. The summed E-state index contributed by atoms with van der Waals surface area (Å²) in [5.74, 6) is 0. The van der Waals surface area contributed by atoms with E-state index in [0.29, 0.717) is 6.54 Å². The van der Waals surface area contributed by atoms with Gasteiger partial charge in [-0.3, -0.25) is 0 Å². The number of nitrogens with one attached hydrogen (secondary N) is 2. The molecule has 0 spiro atoms. The molecule has 0 aromatic heterocycles. The second kappa shape index (κ2) is 7.95. The highest BCUT2D eigenvalue weighted by Gasteiger charge is 2.26. The van der Waals surface area contributed by atoms with Gasteiger partial charge in [0.05, 0.1) is 6.54 Å². The van der Waals surface area contributed by atoms with Gasteiger partial charge in [-0.25, -0.2) is 4.79 Å². The molecule has 138 valence electrons. The highest BCUT2D eigenvalue weighted by Crippen LogP contribution is 2.38. The molecule has 2 N–H and O–H groups in total. The molecule has 0 bridgehead atoms. The van der Waals surface area contributed by atoms with E-state index in [-0.39, 0.29) is 6.03 Å². The maximum Gasteiger partial charge on any atom is 0.362 e. The lowest BCUT2D eigenvalue weighted by atomic mass is 9.99. The molecule has 7 heteroatoms. The molecule has 3 rings (SSSR count). The number of nitrogens with zero attached hydrogens (tertiary/aromatic N) is 2. The smallest absolute Gasteiger partial charge is 0.362 e. The molecule has 1 aromatic rings. The highest BCUT2D eigenvalue weighted by atomic mass is 32.2.